The quantitative estimate of drug-likeness (QED) is 0.892. The van der Waals surface area contributed by atoms with Crippen LogP contribution < -0.4 is 4.90 Å². The zero-order chi connectivity index (χ0) is 13.1. The lowest BCUT2D eigenvalue weighted by Crippen LogP contribution is -2.43. The van der Waals surface area contributed by atoms with Crippen molar-refractivity contribution in [1.82, 2.24) is 9.97 Å². The highest BCUT2D eigenvalue weighted by Gasteiger charge is 2.24. The Labute approximate surface area is 109 Å². The lowest BCUT2D eigenvalue weighted by atomic mass is 10.0. The summed E-state index contributed by atoms with van der Waals surface area (Å²) in [5.74, 6) is 1.19. The van der Waals surface area contributed by atoms with Gasteiger partial charge in [-0.3, -0.25) is 0 Å². The number of aliphatic hydroxyl groups is 1. The maximum atomic E-state index is 9.47. The predicted octanol–water partition coefficient (Wildman–Crippen LogP) is 2.26. The highest BCUT2D eigenvalue weighted by atomic mass is 16.3. The SMILES string of the molecule is Cc1cc(C(C)C)nc(N2CCCCC2CO)n1. The predicted molar refractivity (Wildman–Crippen MR) is 72.9 cm³/mol. The van der Waals surface area contributed by atoms with Crippen LogP contribution in [-0.2, 0) is 0 Å². The zero-order valence-electron chi connectivity index (χ0n) is 11.6. The van der Waals surface area contributed by atoms with Crippen LogP contribution in [-0.4, -0.2) is 34.3 Å². The molecule has 1 unspecified atom stereocenters. The Kier molecular flexibility index (Phi) is 4.17. The molecule has 1 N–H and O–H groups in total. The summed E-state index contributed by atoms with van der Waals surface area (Å²) in [7, 11) is 0. The maximum absolute atomic E-state index is 9.47. The third kappa shape index (κ3) is 2.80. The first-order chi connectivity index (χ1) is 8.61. The van der Waals surface area contributed by atoms with Gasteiger partial charge in [0, 0.05) is 17.9 Å². The smallest absolute Gasteiger partial charge is 0.226 e. The first-order valence-corrected chi connectivity index (χ1v) is 6.85. The fourth-order valence-corrected chi connectivity index (χ4v) is 2.45. The van der Waals surface area contributed by atoms with Gasteiger partial charge in [0.1, 0.15) is 0 Å². The summed E-state index contributed by atoms with van der Waals surface area (Å²) in [4.78, 5) is 11.4. The fourth-order valence-electron chi connectivity index (χ4n) is 2.45. The molecule has 0 aliphatic carbocycles. The van der Waals surface area contributed by atoms with E-state index < -0.39 is 0 Å². The second-order valence-electron chi connectivity index (χ2n) is 5.41. The molecule has 0 aromatic carbocycles. The van der Waals surface area contributed by atoms with E-state index in [0.29, 0.717) is 5.92 Å². The molecule has 4 nitrogen and oxygen atoms in total. The molecule has 1 atom stereocenters. The largest absolute Gasteiger partial charge is 0.394 e. The average Bonchev–Trinajstić information content (AvgIpc) is 2.38. The van der Waals surface area contributed by atoms with Gasteiger partial charge in [-0.1, -0.05) is 13.8 Å². The summed E-state index contributed by atoms with van der Waals surface area (Å²) in [5.41, 5.74) is 2.09. The Morgan fingerprint density at radius 3 is 2.83 bits per heavy atom. The molecule has 0 saturated carbocycles. The number of nitrogens with zero attached hydrogens (tertiary/aromatic N) is 3. The van der Waals surface area contributed by atoms with Crippen molar-refractivity contribution < 1.29 is 5.11 Å². The highest BCUT2D eigenvalue weighted by Crippen LogP contribution is 2.23. The van der Waals surface area contributed by atoms with Crippen LogP contribution in [0, 0.1) is 6.92 Å². The van der Waals surface area contributed by atoms with Gasteiger partial charge in [-0.15, -0.1) is 0 Å². The molecule has 0 bridgehead atoms. The van der Waals surface area contributed by atoms with Gasteiger partial charge in [-0.2, -0.15) is 0 Å². The highest BCUT2D eigenvalue weighted by molar-refractivity contribution is 5.35. The third-order valence-corrected chi connectivity index (χ3v) is 3.55. The third-order valence-electron chi connectivity index (χ3n) is 3.55. The van der Waals surface area contributed by atoms with Crippen LogP contribution >= 0.6 is 0 Å². The molecule has 1 aliphatic rings. The molecular formula is C14H23N3O. The lowest BCUT2D eigenvalue weighted by molar-refractivity contribution is 0.238. The summed E-state index contributed by atoms with van der Waals surface area (Å²) in [6, 6.07) is 2.23. The van der Waals surface area contributed by atoms with Crippen LogP contribution in [0.2, 0.25) is 0 Å². The van der Waals surface area contributed by atoms with E-state index in [0.717, 1.165) is 36.7 Å². The summed E-state index contributed by atoms with van der Waals surface area (Å²) in [5, 5.41) is 9.47. The number of aromatic nitrogens is 2. The average molecular weight is 249 g/mol. The van der Waals surface area contributed by atoms with Gasteiger partial charge in [0.05, 0.1) is 12.6 Å². The summed E-state index contributed by atoms with van der Waals surface area (Å²) < 4.78 is 0. The van der Waals surface area contributed by atoms with Gasteiger partial charge < -0.3 is 10.0 Å². The van der Waals surface area contributed by atoms with E-state index in [2.05, 4.69) is 28.7 Å². The molecule has 4 heteroatoms. The van der Waals surface area contributed by atoms with Crippen LogP contribution in [0.3, 0.4) is 0 Å². The molecule has 1 saturated heterocycles. The van der Waals surface area contributed by atoms with Crippen molar-refractivity contribution >= 4 is 5.95 Å². The number of aliphatic hydroxyl groups excluding tert-OH is 1. The number of hydrogen-bond donors (Lipinski definition) is 1. The van der Waals surface area contributed by atoms with Crippen LogP contribution in [0.4, 0.5) is 5.95 Å². The number of aryl methyl sites for hydroxylation is 1. The van der Waals surface area contributed by atoms with Crippen molar-refractivity contribution in [1.29, 1.82) is 0 Å². The summed E-state index contributed by atoms with van der Waals surface area (Å²) >= 11 is 0. The zero-order valence-corrected chi connectivity index (χ0v) is 11.6. The molecule has 2 heterocycles. The molecule has 18 heavy (non-hydrogen) atoms. The van der Waals surface area contributed by atoms with Gasteiger partial charge in [0.25, 0.3) is 0 Å². The Hall–Kier alpha value is -1.16. The van der Waals surface area contributed by atoms with Gasteiger partial charge in [-0.05, 0) is 38.2 Å². The van der Waals surface area contributed by atoms with Crippen molar-refractivity contribution in [3.8, 4) is 0 Å². The normalized spacial score (nSPS) is 20.5. The first kappa shape index (κ1) is 13.3. The minimum Gasteiger partial charge on any atom is -0.394 e. The Bertz CT molecular complexity index is 406. The Morgan fingerprint density at radius 1 is 1.39 bits per heavy atom. The van der Waals surface area contributed by atoms with E-state index in [4.69, 9.17) is 0 Å². The van der Waals surface area contributed by atoms with E-state index in [1.165, 1.54) is 6.42 Å². The molecule has 0 radical (unpaired) electrons. The lowest BCUT2D eigenvalue weighted by Gasteiger charge is -2.35. The van der Waals surface area contributed by atoms with E-state index in [9.17, 15) is 5.11 Å². The van der Waals surface area contributed by atoms with Crippen LogP contribution in [0.5, 0.6) is 0 Å². The van der Waals surface area contributed by atoms with Crippen molar-refractivity contribution in [3.05, 3.63) is 17.5 Å². The second kappa shape index (κ2) is 5.65. The minimum atomic E-state index is 0.181. The standard InChI is InChI=1S/C14H23N3O/c1-10(2)13-8-11(3)15-14(16-13)17-7-5-4-6-12(17)9-18/h8,10,12,18H,4-7,9H2,1-3H3. The molecule has 1 aromatic heterocycles. The van der Waals surface area contributed by atoms with E-state index >= 15 is 0 Å². The number of anilines is 1. The molecule has 1 aromatic rings. The van der Waals surface area contributed by atoms with Crippen molar-refractivity contribution in [2.24, 2.45) is 0 Å². The Morgan fingerprint density at radius 2 is 2.17 bits per heavy atom. The topological polar surface area (TPSA) is 49.2 Å². The number of hydrogen-bond acceptors (Lipinski definition) is 4. The van der Waals surface area contributed by atoms with Gasteiger partial charge in [0.15, 0.2) is 0 Å². The van der Waals surface area contributed by atoms with Crippen LogP contribution in [0.1, 0.15) is 50.4 Å². The summed E-state index contributed by atoms with van der Waals surface area (Å²) in [6.07, 6.45) is 3.38. The molecule has 2 rings (SSSR count). The van der Waals surface area contributed by atoms with Crippen molar-refractivity contribution in [2.45, 2.75) is 52.0 Å². The second-order valence-corrected chi connectivity index (χ2v) is 5.41. The van der Waals surface area contributed by atoms with E-state index in [1.807, 2.05) is 13.0 Å². The molecule has 0 amide bonds. The number of piperidine rings is 1. The Balaban J connectivity index is 2.30. The molecule has 0 spiro atoms. The maximum Gasteiger partial charge on any atom is 0.226 e. The van der Waals surface area contributed by atoms with Crippen molar-refractivity contribution in [2.75, 3.05) is 18.1 Å². The monoisotopic (exact) mass is 249 g/mol. The molecule has 1 aliphatic heterocycles. The van der Waals surface area contributed by atoms with Crippen molar-refractivity contribution in [3.63, 3.8) is 0 Å². The molecule has 1 fully saturated rings. The molecule has 100 valence electrons. The first-order valence-electron chi connectivity index (χ1n) is 6.85. The van der Waals surface area contributed by atoms with Gasteiger partial charge >= 0.3 is 0 Å². The molecular weight excluding hydrogens is 226 g/mol. The van der Waals surface area contributed by atoms with E-state index in [-0.39, 0.29) is 12.6 Å². The summed E-state index contributed by atoms with van der Waals surface area (Å²) in [6.45, 7) is 7.44. The minimum absolute atomic E-state index is 0.181. The van der Waals surface area contributed by atoms with Crippen LogP contribution in [0.15, 0.2) is 6.07 Å². The van der Waals surface area contributed by atoms with Gasteiger partial charge in [-0.25, -0.2) is 9.97 Å². The fraction of sp³-hybridized carbons (Fsp3) is 0.714. The van der Waals surface area contributed by atoms with E-state index in [1.54, 1.807) is 0 Å². The number of rotatable bonds is 3. The van der Waals surface area contributed by atoms with Gasteiger partial charge in [0.2, 0.25) is 5.95 Å². The van der Waals surface area contributed by atoms with Crippen LogP contribution in [0.25, 0.3) is 0 Å².